The van der Waals surface area contributed by atoms with E-state index in [1.165, 1.54) is 18.3 Å². The van der Waals surface area contributed by atoms with Gasteiger partial charge in [0, 0.05) is 11.9 Å². The van der Waals surface area contributed by atoms with Crippen molar-refractivity contribution in [3.8, 4) is 6.07 Å². The van der Waals surface area contributed by atoms with Gasteiger partial charge in [0.15, 0.2) is 5.82 Å². The molecule has 1 fully saturated rings. The van der Waals surface area contributed by atoms with Crippen molar-refractivity contribution in [2.75, 3.05) is 5.32 Å². The highest BCUT2D eigenvalue weighted by atomic mass is 32.2. The lowest BCUT2D eigenvalue weighted by atomic mass is 9.85. The molecule has 1 aromatic heterocycles. The number of carbonyl (C=O) groups excluding carboxylic acids is 1. The molecule has 0 radical (unpaired) electrons. The van der Waals surface area contributed by atoms with Crippen LogP contribution in [0.5, 0.6) is 0 Å². The average molecular weight is 423 g/mol. The molecule has 8 nitrogen and oxygen atoms in total. The van der Waals surface area contributed by atoms with Crippen molar-refractivity contribution in [3.05, 3.63) is 36.0 Å². The van der Waals surface area contributed by atoms with E-state index in [1.807, 2.05) is 0 Å². The molecular formula is C18H19F2N5O3S. The summed E-state index contributed by atoms with van der Waals surface area (Å²) in [6.45, 7) is 0. The third-order valence-corrected chi connectivity index (χ3v) is 6.31. The molecule has 1 saturated carbocycles. The van der Waals surface area contributed by atoms with E-state index in [2.05, 4.69) is 16.5 Å². The molecule has 1 unspecified atom stereocenters. The molecule has 154 valence electrons. The highest BCUT2D eigenvalue weighted by Crippen LogP contribution is 2.34. The Balaban J connectivity index is 1.88. The molecule has 2 atom stereocenters. The maximum absolute atomic E-state index is 12.6. The summed E-state index contributed by atoms with van der Waals surface area (Å²) in [5, 5.41) is 16.6. The number of amides is 1. The second-order valence-corrected chi connectivity index (χ2v) is 8.70. The first-order valence-electron chi connectivity index (χ1n) is 8.91. The number of nitrogens with zero attached hydrogens (tertiary/aromatic N) is 3. The standard InChI is InChI=1S/C18H19F2N5O3S/c19-18(20)29(27,28)13-7-5-12(6-8-13)23-17-14(16(22)26)10-25(24-17)15-4-2-1-3-11(15)9-21/h5-8,10-11,15,18H,1-4H2,(H2,22,26)(H,23,24)/t11?,15-/m0/s1. The first-order chi connectivity index (χ1) is 13.7. The highest BCUT2D eigenvalue weighted by Gasteiger charge is 2.29. The number of nitrogens with one attached hydrogen (secondary N) is 1. The van der Waals surface area contributed by atoms with Gasteiger partial charge in [-0.3, -0.25) is 9.48 Å². The van der Waals surface area contributed by atoms with Crippen molar-refractivity contribution in [2.24, 2.45) is 11.7 Å². The summed E-state index contributed by atoms with van der Waals surface area (Å²) in [5.41, 5.74) is 5.88. The van der Waals surface area contributed by atoms with Crippen LogP contribution in [0.25, 0.3) is 0 Å². The zero-order valence-electron chi connectivity index (χ0n) is 15.3. The molecule has 0 aliphatic heterocycles. The topological polar surface area (TPSA) is 131 Å². The number of benzene rings is 1. The molecule has 0 saturated heterocycles. The minimum absolute atomic E-state index is 0.108. The van der Waals surface area contributed by atoms with Crippen molar-refractivity contribution in [1.29, 1.82) is 5.26 Å². The molecule has 1 heterocycles. The predicted molar refractivity (Wildman–Crippen MR) is 100 cm³/mol. The van der Waals surface area contributed by atoms with E-state index in [9.17, 15) is 27.3 Å². The molecule has 11 heteroatoms. The van der Waals surface area contributed by atoms with Gasteiger partial charge in [0.2, 0.25) is 9.84 Å². The molecule has 0 spiro atoms. The van der Waals surface area contributed by atoms with Gasteiger partial charge >= 0.3 is 5.76 Å². The molecule has 0 bridgehead atoms. The fourth-order valence-corrected chi connectivity index (χ4v) is 4.10. The number of hydrogen-bond donors (Lipinski definition) is 2. The Morgan fingerprint density at radius 1 is 1.28 bits per heavy atom. The molecule has 1 aliphatic rings. The molecular weight excluding hydrogens is 404 g/mol. The van der Waals surface area contributed by atoms with Crippen LogP contribution in [0.15, 0.2) is 35.4 Å². The van der Waals surface area contributed by atoms with E-state index in [0.717, 1.165) is 37.8 Å². The van der Waals surface area contributed by atoms with Gasteiger partial charge in [0.25, 0.3) is 5.91 Å². The Morgan fingerprint density at radius 3 is 2.52 bits per heavy atom. The highest BCUT2D eigenvalue weighted by molar-refractivity contribution is 7.91. The molecule has 3 rings (SSSR count). The summed E-state index contributed by atoms with van der Waals surface area (Å²) < 4.78 is 49.9. The van der Waals surface area contributed by atoms with Gasteiger partial charge in [-0.15, -0.1) is 0 Å². The lowest BCUT2D eigenvalue weighted by molar-refractivity contribution is 0.100. The number of halogens is 2. The lowest BCUT2D eigenvalue weighted by Gasteiger charge is -2.26. The van der Waals surface area contributed by atoms with E-state index in [1.54, 1.807) is 4.68 Å². The SMILES string of the molecule is N#CC1CCCC[C@@H]1n1cc(C(N)=O)c(Nc2ccc(S(=O)(=O)C(F)F)cc2)n1. The average Bonchev–Trinajstić information content (AvgIpc) is 3.12. The van der Waals surface area contributed by atoms with Crippen molar-refractivity contribution in [2.45, 2.75) is 42.4 Å². The zero-order chi connectivity index (χ0) is 21.2. The van der Waals surface area contributed by atoms with Crippen LogP contribution in [0.2, 0.25) is 0 Å². The second-order valence-electron chi connectivity index (χ2n) is 6.78. The number of rotatable bonds is 6. The summed E-state index contributed by atoms with van der Waals surface area (Å²) >= 11 is 0. The predicted octanol–water partition coefficient (Wildman–Crippen LogP) is 2.98. The summed E-state index contributed by atoms with van der Waals surface area (Å²) in [5.74, 6) is -4.32. The number of anilines is 2. The van der Waals surface area contributed by atoms with Crippen LogP contribution in [0.3, 0.4) is 0 Å². The molecule has 29 heavy (non-hydrogen) atoms. The van der Waals surface area contributed by atoms with Crippen LogP contribution in [-0.4, -0.2) is 29.9 Å². The zero-order valence-corrected chi connectivity index (χ0v) is 16.1. The van der Waals surface area contributed by atoms with E-state index >= 15 is 0 Å². The van der Waals surface area contributed by atoms with Gasteiger partial charge in [0.1, 0.15) is 5.56 Å². The minimum atomic E-state index is -4.69. The molecule has 2 aromatic rings. The van der Waals surface area contributed by atoms with Crippen LogP contribution in [-0.2, 0) is 9.84 Å². The van der Waals surface area contributed by atoms with Gasteiger partial charge in [0.05, 0.1) is 22.9 Å². The molecule has 3 N–H and O–H groups in total. The van der Waals surface area contributed by atoms with E-state index < -0.39 is 26.4 Å². The lowest BCUT2D eigenvalue weighted by Crippen LogP contribution is -2.22. The number of primary amides is 1. The molecule has 1 aliphatic carbocycles. The van der Waals surface area contributed by atoms with Gasteiger partial charge < -0.3 is 11.1 Å². The monoisotopic (exact) mass is 423 g/mol. The third kappa shape index (κ3) is 4.22. The maximum Gasteiger partial charge on any atom is 0.341 e. The Kier molecular flexibility index (Phi) is 5.83. The maximum atomic E-state index is 12.6. The molecule has 1 amide bonds. The smallest absolute Gasteiger partial charge is 0.341 e. The summed E-state index contributed by atoms with van der Waals surface area (Å²) in [6, 6.07) is 6.75. The summed E-state index contributed by atoms with van der Waals surface area (Å²) in [6.07, 6.45) is 4.88. The van der Waals surface area contributed by atoms with Crippen LogP contribution < -0.4 is 11.1 Å². The Bertz CT molecular complexity index is 1040. The van der Waals surface area contributed by atoms with E-state index in [-0.39, 0.29) is 23.3 Å². The fraction of sp³-hybridized carbons (Fsp3) is 0.389. The number of nitriles is 1. The third-order valence-electron chi connectivity index (χ3n) is 4.91. The van der Waals surface area contributed by atoms with Gasteiger partial charge in [-0.05, 0) is 37.1 Å². The van der Waals surface area contributed by atoms with Crippen LogP contribution in [0.1, 0.15) is 42.1 Å². The van der Waals surface area contributed by atoms with Gasteiger partial charge in [-0.2, -0.15) is 19.1 Å². The Morgan fingerprint density at radius 2 is 1.93 bits per heavy atom. The van der Waals surface area contributed by atoms with E-state index in [0.29, 0.717) is 5.69 Å². The Hall–Kier alpha value is -3.00. The largest absolute Gasteiger partial charge is 0.365 e. The summed E-state index contributed by atoms with van der Waals surface area (Å²) in [7, 11) is -4.69. The van der Waals surface area contributed by atoms with Crippen LogP contribution in [0, 0.1) is 17.2 Å². The van der Waals surface area contributed by atoms with E-state index in [4.69, 9.17) is 5.73 Å². The van der Waals surface area contributed by atoms with Crippen LogP contribution in [0.4, 0.5) is 20.3 Å². The second kappa shape index (κ2) is 8.16. The van der Waals surface area contributed by atoms with Crippen molar-refractivity contribution < 1.29 is 22.0 Å². The Labute approximate surface area is 166 Å². The van der Waals surface area contributed by atoms with Crippen molar-refractivity contribution in [1.82, 2.24) is 9.78 Å². The summed E-state index contributed by atoms with van der Waals surface area (Å²) in [4.78, 5) is 11.3. The van der Waals surface area contributed by atoms with Gasteiger partial charge in [-0.1, -0.05) is 12.8 Å². The minimum Gasteiger partial charge on any atom is -0.365 e. The number of alkyl halides is 2. The first kappa shape index (κ1) is 20.7. The molecule has 1 aromatic carbocycles. The quantitative estimate of drug-likeness (QED) is 0.734. The number of carbonyl (C=O) groups is 1. The van der Waals surface area contributed by atoms with Crippen molar-refractivity contribution in [3.63, 3.8) is 0 Å². The van der Waals surface area contributed by atoms with Gasteiger partial charge in [-0.25, -0.2) is 8.42 Å². The number of nitrogens with two attached hydrogens (primary N) is 1. The van der Waals surface area contributed by atoms with Crippen LogP contribution >= 0.6 is 0 Å². The number of aromatic nitrogens is 2. The number of sulfone groups is 1. The van der Waals surface area contributed by atoms with Crippen molar-refractivity contribution >= 4 is 27.2 Å². The normalized spacial score (nSPS) is 19.7. The fourth-order valence-electron chi connectivity index (χ4n) is 3.38. The first-order valence-corrected chi connectivity index (χ1v) is 10.5. The number of hydrogen-bond acceptors (Lipinski definition) is 6.